The van der Waals surface area contributed by atoms with Crippen molar-refractivity contribution in [3.05, 3.63) is 66.2 Å². The molecule has 2 rings (SSSR count). The van der Waals surface area contributed by atoms with Gasteiger partial charge in [0.15, 0.2) is 0 Å². The molecule has 2 amide bonds. The molecule has 0 unspecified atom stereocenters. The van der Waals surface area contributed by atoms with Gasteiger partial charge in [-0.3, -0.25) is 9.59 Å². The Morgan fingerprint density at radius 1 is 0.966 bits per heavy atom. The Kier molecular flexibility index (Phi) is 9.78. The molecule has 0 radical (unpaired) electrons. The van der Waals surface area contributed by atoms with E-state index in [9.17, 15) is 9.59 Å². The predicted octanol–water partition coefficient (Wildman–Crippen LogP) is 4.54. The van der Waals surface area contributed by atoms with Gasteiger partial charge in [0.25, 0.3) is 0 Å². The van der Waals surface area contributed by atoms with Gasteiger partial charge in [0.05, 0.1) is 5.75 Å². The fraction of sp³-hybridized carbons (Fsp3) is 0.417. The number of nitrogens with one attached hydrogen (secondary N) is 1. The number of hydrogen-bond donors (Lipinski definition) is 1. The van der Waals surface area contributed by atoms with E-state index < -0.39 is 6.04 Å². The molecule has 0 aliphatic heterocycles. The van der Waals surface area contributed by atoms with Crippen LogP contribution in [0.15, 0.2) is 65.6 Å². The summed E-state index contributed by atoms with van der Waals surface area (Å²) < 4.78 is 0. The maximum absolute atomic E-state index is 13.1. The number of rotatable bonds is 11. The highest BCUT2D eigenvalue weighted by atomic mass is 32.2. The van der Waals surface area contributed by atoms with Crippen molar-refractivity contribution in [1.29, 1.82) is 0 Å². The van der Waals surface area contributed by atoms with E-state index in [0.29, 0.717) is 18.7 Å². The minimum Gasteiger partial charge on any atom is -0.352 e. The second-order valence-corrected chi connectivity index (χ2v) is 8.22. The normalized spacial score (nSPS) is 12.8. The van der Waals surface area contributed by atoms with E-state index in [1.807, 2.05) is 69.3 Å². The van der Waals surface area contributed by atoms with E-state index >= 15 is 0 Å². The Bertz CT molecular complexity index is 752. The largest absolute Gasteiger partial charge is 0.352 e. The molecule has 0 heterocycles. The molecule has 0 saturated carbocycles. The average Bonchev–Trinajstić information content (AvgIpc) is 2.76. The number of hydrogen-bond acceptors (Lipinski definition) is 3. The molecule has 5 heteroatoms. The molecule has 1 N–H and O–H groups in total. The van der Waals surface area contributed by atoms with Gasteiger partial charge in [-0.1, -0.05) is 62.4 Å². The van der Waals surface area contributed by atoms with E-state index in [-0.39, 0.29) is 17.9 Å². The summed E-state index contributed by atoms with van der Waals surface area (Å²) >= 11 is 1.51. The molecular formula is C24H32N2O2S. The summed E-state index contributed by atoms with van der Waals surface area (Å²) in [6, 6.07) is 19.6. The molecule has 0 aliphatic rings. The molecule has 0 bridgehead atoms. The minimum atomic E-state index is -0.448. The van der Waals surface area contributed by atoms with Gasteiger partial charge in [-0.05, 0) is 43.9 Å². The summed E-state index contributed by atoms with van der Waals surface area (Å²) in [6.45, 7) is 6.53. The van der Waals surface area contributed by atoms with Crippen LogP contribution in [0.3, 0.4) is 0 Å². The maximum atomic E-state index is 13.1. The Morgan fingerprint density at radius 2 is 1.59 bits per heavy atom. The molecule has 2 aromatic carbocycles. The van der Waals surface area contributed by atoms with Crippen LogP contribution in [0.25, 0.3) is 0 Å². The third-order valence-corrected chi connectivity index (χ3v) is 5.97. The third-order valence-electron chi connectivity index (χ3n) is 4.98. The van der Waals surface area contributed by atoms with Gasteiger partial charge in [0.1, 0.15) is 6.04 Å². The lowest BCUT2D eigenvalue weighted by molar-refractivity contribution is -0.139. The number of thioether (sulfide) groups is 1. The van der Waals surface area contributed by atoms with Crippen LogP contribution in [0, 0.1) is 0 Å². The molecule has 29 heavy (non-hydrogen) atoms. The van der Waals surface area contributed by atoms with Crippen molar-refractivity contribution in [2.45, 2.75) is 57.0 Å². The summed E-state index contributed by atoms with van der Waals surface area (Å²) in [5, 5.41) is 3.05. The van der Waals surface area contributed by atoms with Crippen LogP contribution in [-0.2, 0) is 16.0 Å². The molecule has 0 saturated heterocycles. The van der Waals surface area contributed by atoms with Crippen molar-refractivity contribution in [2.75, 3.05) is 12.3 Å². The molecule has 2 aromatic rings. The fourth-order valence-corrected chi connectivity index (χ4v) is 3.89. The van der Waals surface area contributed by atoms with Crippen molar-refractivity contribution in [3.63, 3.8) is 0 Å². The van der Waals surface area contributed by atoms with Gasteiger partial charge in [0.2, 0.25) is 11.8 Å². The molecular weight excluding hydrogens is 380 g/mol. The van der Waals surface area contributed by atoms with Crippen LogP contribution in [0.4, 0.5) is 0 Å². The first-order valence-corrected chi connectivity index (χ1v) is 11.3. The van der Waals surface area contributed by atoms with Gasteiger partial charge in [-0.2, -0.15) is 0 Å². The highest BCUT2D eigenvalue weighted by Crippen LogP contribution is 2.19. The Morgan fingerprint density at radius 3 is 2.17 bits per heavy atom. The summed E-state index contributed by atoms with van der Waals surface area (Å²) in [4.78, 5) is 28.8. The lowest BCUT2D eigenvalue weighted by Crippen LogP contribution is -2.52. The number of nitrogens with zero attached hydrogens (tertiary/aromatic N) is 1. The zero-order valence-electron chi connectivity index (χ0n) is 17.6. The van der Waals surface area contributed by atoms with Crippen molar-refractivity contribution >= 4 is 23.6 Å². The zero-order chi connectivity index (χ0) is 21.1. The predicted molar refractivity (Wildman–Crippen MR) is 121 cm³/mol. The van der Waals surface area contributed by atoms with E-state index in [1.54, 1.807) is 4.90 Å². The van der Waals surface area contributed by atoms with Gasteiger partial charge in [0, 0.05) is 17.5 Å². The van der Waals surface area contributed by atoms with Crippen LogP contribution in [0.1, 0.15) is 39.2 Å². The lowest BCUT2D eigenvalue weighted by Gasteiger charge is -2.31. The molecule has 2 atom stereocenters. The standard InChI is InChI=1S/C24H32N2O2S/c1-4-19(3)25-24(28)22(5-2)26(17-16-20-12-8-6-9-13-20)23(27)18-29-21-14-10-7-11-15-21/h6-15,19,22H,4-5,16-18H2,1-3H3,(H,25,28)/t19-,22-/m0/s1. The molecule has 0 aromatic heterocycles. The number of amides is 2. The third kappa shape index (κ3) is 7.58. The number of carbonyl (C=O) groups is 2. The van der Waals surface area contributed by atoms with Crippen molar-refractivity contribution < 1.29 is 9.59 Å². The fourth-order valence-electron chi connectivity index (χ4n) is 3.08. The monoisotopic (exact) mass is 412 g/mol. The Balaban J connectivity index is 2.11. The smallest absolute Gasteiger partial charge is 0.243 e. The molecule has 0 spiro atoms. The molecule has 0 aliphatic carbocycles. The first-order chi connectivity index (χ1) is 14.0. The zero-order valence-corrected chi connectivity index (χ0v) is 18.5. The number of benzene rings is 2. The second-order valence-electron chi connectivity index (χ2n) is 7.17. The summed E-state index contributed by atoms with van der Waals surface area (Å²) in [5.74, 6) is 0.264. The van der Waals surface area contributed by atoms with Gasteiger partial charge >= 0.3 is 0 Å². The van der Waals surface area contributed by atoms with Gasteiger partial charge in [-0.25, -0.2) is 0 Å². The first-order valence-electron chi connectivity index (χ1n) is 10.4. The molecule has 0 fully saturated rings. The van der Waals surface area contributed by atoms with Gasteiger partial charge in [-0.15, -0.1) is 11.8 Å². The Hall–Kier alpha value is -2.27. The summed E-state index contributed by atoms with van der Waals surface area (Å²) in [7, 11) is 0. The topological polar surface area (TPSA) is 49.4 Å². The van der Waals surface area contributed by atoms with Crippen LogP contribution in [-0.4, -0.2) is 41.1 Å². The SMILES string of the molecule is CC[C@H](C)NC(=O)[C@H](CC)N(CCc1ccccc1)C(=O)CSc1ccccc1. The van der Waals surface area contributed by atoms with E-state index in [4.69, 9.17) is 0 Å². The van der Waals surface area contributed by atoms with Crippen molar-refractivity contribution in [3.8, 4) is 0 Å². The van der Waals surface area contributed by atoms with Crippen LogP contribution in [0.5, 0.6) is 0 Å². The maximum Gasteiger partial charge on any atom is 0.243 e. The minimum absolute atomic E-state index is 0.000866. The lowest BCUT2D eigenvalue weighted by atomic mass is 10.1. The highest BCUT2D eigenvalue weighted by Gasteiger charge is 2.28. The van der Waals surface area contributed by atoms with Crippen molar-refractivity contribution in [1.82, 2.24) is 10.2 Å². The summed E-state index contributed by atoms with van der Waals surface area (Å²) in [5.41, 5.74) is 1.16. The van der Waals surface area contributed by atoms with E-state index in [1.165, 1.54) is 11.8 Å². The first kappa shape index (κ1) is 23.0. The van der Waals surface area contributed by atoms with Crippen LogP contribution < -0.4 is 5.32 Å². The van der Waals surface area contributed by atoms with Crippen LogP contribution >= 0.6 is 11.8 Å². The van der Waals surface area contributed by atoms with Crippen molar-refractivity contribution in [2.24, 2.45) is 0 Å². The Labute approximate surface area is 179 Å². The van der Waals surface area contributed by atoms with Crippen LogP contribution in [0.2, 0.25) is 0 Å². The van der Waals surface area contributed by atoms with Gasteiger partial charge < -0.3 is 10.2 Å². The van der Waals surface area contributed by atoms with E-state index in [2.05, 4.69) is 17.4 Å². The average molecular weight is 413 g/mol. The highest BCUT2D eigenvalue weighted by molar-refractivity contribution is 8.00. The molecule has 4 nitrogen and oxygen atoms in total. The quantitative estimate of drug-likeness (QED) is 0.551. The summed E-state index contributed by atoms with van der Waals surface area (Å²) in [6.07, 6.45) is 2.19. The van der Waals surface area contributed by atoms with E-state index in [0.717, 1.165) is 23.3 Å². The second kappa shape index (κ2) is 12.3. The molecule has 156 valence electrons. The number of carbonyl (C=O) groups excluding carboxylic acids is 2.